The van der Waals surface area contributed by atoms with Crippen LogP contribution in [0.4, 0.5) is 4.79 Å². The summed E-state index contributed by atoms with van der Waals surface area (Å²) >= 11 is 0. The summed E-state index contributed by atoms with van der Waals surface area (Å²) in [5.41, 5.74) is 1.25. The largest absolute Gasteiger partial charge is 0.342 e. The summed E-state index contributed by atoms with van der Waals surface area (Å²) in [4.78, 5) is 45.0. The topological polar surface area (TPSA) is 73.0 Å². The summed E-state index contributed by atoms with van der Waals surface area (Å²) in [6, 6.07) is 7.79. The van der Waals surface area contributed by atoms with E-state index in [1.54, 1.807) is 0 Å². The van der Waals surface area contributed by atoms with E-state index in [4.69, 9.17) is 0 Å². The fraction of sp³-hybridized carbons (Fsp3) is 0.654. The number of urea groups is 1. The first-order chi connectivity index (χ1) is 15.7. The Kier molecular flexibility index (Phi) is 8.16. The number of rotatable bonds is 9. The van der Waals surface area contributed by atoms with Gasteiger partial charge in [-0.05, 0) is 70.3 Å². The van der Waals surface area contributed by atoms with Gasteiger partial charge < -0.3 is 15.1 Å². The molecular formula is C26H40N4O3. The molecule has 1 aromatic carbocycles. The van der Waals surface area contributed by atoms with Crippen molar-refractivity contribution >= 4 is 17.8 Å². The lowest BCUT2D eigenvalue weighted by Crippen LogP contribution is -2.58. The maximum atomic E-state index is 13.8. The van der Waals surface area contributed by atoms with Crippen molar-refractivity contribution < 1.29 is 14.4 Å². The van der Waals surface area contributed by atoms with Crippen LogP contribution in [-0.4, -0.2) is 78.4 Å². The number of hydrogen-bond acceptors (Lipinski definition) is 4. The summed E-state index contributed by atoms with van der Waals surface area (Å²) in [6.45, 7) is 8.55. The predicted octanol–water partition coefficient (Wildman–Crippen LogP) is 3.06. The molecule has 0 bridgehead atoms. The van der Waals surface area contributed by atoms with E-state index in [0.717, 1.165) is 30.5 Å². The molecule has 33 heavy (non-hydrogen) atoms. The number of hydrogen-bond donors (Lipinski definition) is 1. The highest BCUT2D eigenvalue weighted by molar-refractivity contribution is 6.07. The molecule has 2 aliphatic rings. The zero-order chi connectivity index (χ0) is 24.2. The Labute approximate surface area is 198 Å². The van der Waals surface area contributed by atoms with Crippen LogP contribution in [0.25, 0.3) is 0 Å². The van der Waals surface area contributed by atoms with Gasteiger partial charge in [0.05, 0.1) is 0 Å². The molecule has 3 rings (SSSR count). The second kappa shape index (κ2) is 10.7. The number of nitrogens with one attached hydrogen (secondary N) is 1. The minimum atomic E-state index is -0.952. The van der Waals surface area contributed by atoms with Crippen molar-refractivity contribution in [2.24, 2.45) is 11.8 Å². The van der Waals surface area contributed by atoms with Crippen molar-refractivity contribution in [1.29, 1.82) is 0 Å². The van der Waals surface area contributed by atoms with Crippen molar-refractivity contribution in [2.75, 3.05) is 40.3 Å². The van der Waals surface area contributed by atoms with Gasteiger partial charge in [-0.1, -0.05) is 38.1 Å². The van der Waals surface area contributed by atoms with E-state index < -0.39 is 5.54 Å². The maximum Gasteiger partial charge on any atom is 0.325 e. The zero-order valence-corrected chi connectivity index (χ0v) is 20.9. The van der Waals surface area contributed by atoms with Gasteiger partial charge in [-0.2, -0.15) is 0 Å². The minimum Gasteiger partial charge on any atom is -0.342 e. The molecule has 0 aliphatic carbocycles. The van der Waals surface area contributed by atoms with Crippen molar-refractivity contribution in [3.8, 4) is 0 Å². The molecule has 1 aromatic rings. The van der Waals surface area contributed by atoms with Gasteiger partial charge in [0.2, 0.25) is 5.91 Å². The lowest BCUT2D eigenvalue weighted by Gasteiger charge is -2.41. The van der Waals surface area contributed by atoms with E-state index in [-0.39, 0.29) is 29.7 Å². The lowest BCUT2D eigenvalue weighted by atomic mass is 9.73. The molecule has 0 aromatic heterocycles. The number of imide groups is 1. The second-order valence-electron chi connectivity index (χ2n) is 10.0. The van der Waals surface area contributed by atoms with Crippen LogP contribution in [0.1, 0.15) is 50.7 Å². The molecule has 1 N–H and O–H groups in total. The van der Waals surface area contributed by atoms with Crippen LogP contribution in [-0.2, 0) is 16.0 Å². The van der Waals surface area contributed by atoms with Crippen molar-refractivity contribution in [1.82, 2.24) is 20.0 Å². The molecule has 2 fully saturated rings. The molecule has 2 aliphatic heterocycles. The van der Waals surface area contributed by atoms with Crippen LogP contribution in [0, 0.1) is 18.8 Å². The molecule has 4 amide bonds. The molecular weight excluding hydrogens is 416 g/mol. The third-order valence-corrected chi connectivity index (χ3v) is 7.46. The molecule has 2 saturated heterocycles. The summed E-state index contributed by atoms with van der Waals surface area (Å²) < 4.78 is 0. The van der Waals surface area contributed by atoms with Crippen LogP contribution in [0.5, 0.6) is 0 Å². The van der Waals surface area contributed by atoms with E-state index >= 15 is 0 Å². The SMILES string of the molecule is CC[C@H](C)C(=O)N1CCC([C@]2(Cc3ccccc3C)NC(=O)N(CCCN(C)C)C2=O)CC1. The molecule has 0 spiro atoms. The van der Waals surface area contributed by atoms with Crippen LogP contribution in [0.15, 0.2) is 24.3 Å². The summed E-state index contributed by atoms with van der Waals surface area (Å²) in [7, 11) is 3.98. The fourth-order valence-corrected chi connectivity index (χ4v) is 5.12. The Morgan fingerprint density at radius 1 is 1.21 bits per heavy atom. The van der Waals surface area contributed by atoms with Gasteiger partial charge in [0, 0.05) is 32.0 Å². The summed E-state index contributed by atoms with van der Waals surface area (Å²) in [6.07, 6.45) is 3.48. The quantitative estimate of drug-likeness (QED) is 0.580. The molecule has 0 unspecified atom stereocenters. The van der Waals surface area contributed by atoms with Crippen LogP contribution in [0.2, 0.25) is 0 Å². The number of benzene rings is 1. The average molecular weight is 457 g/mol. The van der Waals surface area contributed by atoms with Crippen molar-refractivity contribution in [2.45, 2.75) is 58.4 Å². The summed E-state index contributed by atoms with van der Waals surface area (Å²) in [5, 5.41) is 3.15. The molecule has 182 valence electrons. The van der Waals surface area contributed by atoms with Crippen LogP contribution < -0.4 is 5.32 Å². The highest BCUT2D eigenvalue weighted by Crippen LogP contribution is 2.37. The number of piperidine rings is 1. The summed E-state index contributed by atoms with van der Waals surface area (Å²) in [5.74, 6) is 0.0908. The highest BCUT2D eigenvalue weighted by Gasteiger charge is 2.56. The third-order valence-electron chi connectivity index (χ3n) is 7.46. The predicted molar refractivity (Wildman–Crippen MR) is 130 cm³/mol. The number of aryl methyl sites for hydroxylation is 1. The smallest absolute Gasteiger partial charge is 0.325 e. The van der Waals surface area contributed by atoms with E-state index in [9.17, 15) is 14.4 Å². The van der Waals surface area contributed by atoms with Crippen molar-refractivity contribution in [3.05, 3.63) is 35.4 Å². The van der Waals surface area contributed by atoms with Crippen molar-refractivity contribution in [3.63, 3.8) is 0 Å². The monoisotopic (exact) mass is 456 g/mol. The van der Waals surface area contributed by atoms with E-state index in [1.807, 2.05) is 64.0 Å². The standard InChI is InChI=1S/C26H40N4O3/c1-6-19(2)23(31)29-16-12-22(13-17-29)26(18-21-11-8-7-10-20(21)3)24(32)30(25(33)27-26)15-9-14-28(4)5/h7-8,10-11,19,22H,6,9,12-18H2,1-5H3,(H,27,33)/t19-,26-/m0/s1. The normalized spacial score (nSPS) is 22.7. The zero-order valence-electron chi connectivity index (χ0n) is 20.9. The molecule has 2 atom stereocenters. The molecule has 7 heteroatoms. The molecule has 0 saturated carbocycles. The van der Waals surface area contributed by atoms with Gasteiger partial charge in [-0.15, -0.1) is 0 Å². The van der Waals surface area contributed by atoms with Gasteiger partial charge in [-0.25, -0.2) is 4.79 Å². The Morgan fingerprint density at radius 3 is 2.48 bits per heavy atom. The van der Waals surface area contributed by atoms with Gasteiger partial charge in [0.25, 0.3) is 5.91 Å². The highest BCUT2D eigenvalue weighted by atomic mass is 16.2. The van der Waals surface area contributed by atoms with Gasteiger partial charge in [0.1, 0.15) is 5.54 Å². The number of likely N-dealkylation sites (tertiary alicyclic amines) is 1. The fourth-order valence-electron chi connectivity index (χ4n) is 5.12. The first-order valence-corrected chi connectivity index (χ1v) is 12.3. The van der Waals surface area contributed by atoms with E-state index in [2.05, 4.69) is 10.2 Å². The number of amides is 4. The Morgan fingerprint density at radius 2 is 1.88 bits per heavy atom. The van der Waals surface area contributed by atoms with Crippen LogP contribution in [0.3, 0.4) is 0 Å². The third kappa shape index (κ3) is 5.40. The van der Waals surface area contributed by atoms with Gasteiger partial charge >= 0.3 is 6.03 Å². The Balaban J connectivity index is 1.83. The second-order valence-corrected chi connectivity index (χ2v) is 10.0. The Bertz CT molecular complexity index is 863. The maximum absolute atomic E-state index is 13.8. The van der Waals surface area contributed by atoms with Crippen LogP contribution >= 0.6 is 0 Å². The molecule has 7 nitrogen and oxygen atoms in total. The lowest BCUT2D eigenvalue weighted by molar-refractivity contribution is -0.138. The number of carbonyl (C=O) groups excluding carboxylic acids is 3. The average Bonchev–Trinajstić information content (AvgIpc) is 3.04. The number of carbonyl (C=O) groups is 3. The Hall–Kier alpha value is -2.41. The van der Waals surface area contributed by atoms with E-state index in [1.165, 1.54) is 4.90 Å². The van der Waals surface area contributed by atoms with Gasteiger partial charge in [0.15, 0.2) is 0 Å². The first-order valence-electron chi connectivity index (χ1n) is 12.3. The molecule has 0 radical (unpaired) electrons. The number of nitrogens with zero attached hydrogens (tertiary/aromatic N) is 3. The van der Waals surface area contributed by atoms with Gasteiger partial charge in [-0.3, -0.25) is 14.5 Å². The minimum absolute atomic E-state index is 0.00612. The molecule has 2 heterocycles. The van der Waals surface area contributed by atoms with E-state index in [0.29, 0.717) is 38.9 Å². The first kappa shape index (κ1) is 25.2.